The summed E-state index contributed by atoms with van der Waals surface area (Å²) in [6.45, 7) is 0. The molecule has 0 N–H and O–H groups in total. The molecule has 1 aromatic heterocycles. The van der Waals surface area contributed by atoms with Crippen LogP contribution >= 0.6 is 27.5 Å². The molecule has 0 amide bonds. The topological polar surface area (TPSA) is 39.4 Å². The molecule has 0 spiro atoms. The number of halogens is 2. The SMILES string of the molecule is COc1cc(Cl)ccc1C(=O)c1ccc(Br)o1. The van der Waals surface area contributed by atoms with Crippen molar-refractivity contribution in [2.24, 2.45) is 0 Å². The van der Waals surface area contributed by atoms with E-state index in [-0.39, 0.29) is 11.5 Å². The van der Waals surface area contributed by atoms with E-state index in [0.717, 1.165) is 0 Å². The van der Waals surface area contributed by atoms with Crippen LogP contribution in [0, 0.1) is 0 Å². The minimum absolute atomic E-state index is 0.246. The molecule has 0 saturated heterocycles. The summed E-state index contributed by atoms with van der Waals surface area (Å²) >= 11 is 8.98. The molecule has 0 aliphatic heterocycles. The third-order valence-corrected chi connectivity index (χ3v) is 2.87. The molecule has 17 heavy (non-hydrogen) atoms. The second-order valence-corrected chi connectivity index (χ2v) is 4.50. The Kier molecular flexibility index (Phi) is 3.54. The quantitative estimate of drug-likeness (QED) is 0.806. The van der Waals surface area contributed by atoms with Crippen molar-refractivity contribution in [3.8, 4) is 5.75 Å². The highest BCUT2D eigenvalue weighted by Gasteiger charge is 2.17. The Labute approximate surface area is 111 Å². The Morgan fingerprint density at radius 2 is 2.12 bits per heavy atom. The first kappa shape index (κ1) is 12.2. The van der Waals surface area contributed by atoms with Crippen molar-refractivity contribution in [1.82, 2.24) is 0 Å². The first-order chi connectivity index (χ1) is 8.11. The van der Waals surface area contributed by atoms with Crippen LogP contribution in [0.2, 0.25) is 5.02 Å². The zero-order valence-corrected chi connectivity index (χ0v) is 11.2. The summed E-state index contributed by atoms with van der Waals surface area (Å²) in [6.07, 6.45) is 0. The highest BCUT2D eigenvalue weighted by atomic mass is 79.9. The van der Waals surface area contributed by atoms with Crippen LogP contribution < -0.4 is 4.74 Å². The van der Waals surface area contributed by atoms with Crippen molar-refractivity contribution in [2.45, 2.75) is 0 Å². The molecule has 0 saturated carbocycles. The lowest BCUT2D eigenvalue weighted by Gasteiger charge is -2.06. The molecule has 0 aliphatic carbocycles. The van der Waals surface area contributed by atoms with Gasteiger partial charge in [-0.05, 0) is 46.3 Å². The molecule has 3 nitrogen and oxygen atoms in total. The zero-order valence-electron chi connectivity index (χ0n) is 8.87. The lowest BCUT2D eigenvalue weighted by molar-refractivity contribution is 0.100. The van der Waals surface area contributed by atoms with Crippen molar-refractivity contribution in [1.29, 1.82) is 0 Å². The molecule has 2 aromatic rings. The van der Waals surface area contributed by atoms with Gasteiger partial charge in [0.1, 0.15) is 5.75 Å². The molecule has 0 bridgehead atoms. The Balaban J connectivity index is 2.43. The molecule has 1 aromatic carbocycles. The number of methoxy groups -OCH3 is 1. The largest absolute Gasteiger partial charge is 0.496 e. The Morgan fingerprint density at radius 3 is 2.71 bits per heavy atom. The van der Waals surface area contributed by atoms with E-state index in [4.69, 9.17) is 20.8 Å². The van der Waals surface area contributed by atoms with Gasteiger partial charge in [-0.3, -0.25) is 4.79 Å². The van der Waals surface area contributed by atoms with Crippen molar-refractivity contribution >= 4 is 33.3 Å². The van der Waals surface area contributed by atoms with Crippen LogP contribution in [-0.2, 0) is 0 Å². The van der Waals surface area contributed by atoms with E-state index in [0.29, 0.717) is 21.0 Å². The molecule has 0 aliphatic rings. The highest BCUT2D eigenvalue weighted by molar-refractivity contribution is 9.10. The van der Waals surface area contributed by atoms with E-state index in [9.17, 15) is 4.79 Å². The molecule has 0 atom stereocenters. The van der Waals surface area contributed by atoms with E-state index in [2.05, 4.69) is 15.9 Å². The van der Waals surface area contributed by atoms with Crippen LogP contribution in [0.3, 0.4) is 0 Å². The van der Waals surface area contributed by atoms with Crippen molar-refractivity contribution in [3.63, 3.8) is 0 Å². The molecule has 2 rings (SSSR count). The lowest BCUT2D eigenvalue weighted by atomic mass is 10.1. The summed E-state index contributed by atoms with van der Waals surface area (Å²) in [5.41, 5.74) is 0.416. The molecule has 0 fully saturated rings. The minimum Gasteiger partial charge on any atom is -0.496 e. The van der Waals surface area contributed by atoms with Crippen molar-refractivity contribution < 1.29 is 13.9 Å². The van der Waals surface area contributed by atoms with Gasteiger partial charge in [0, 0.05) is 5.02 Å². The second kappa shape index (κ2) is 4.94. The van der Waals surface area contributed by atoms with Gasteiger partial charge < -0.3 is 9.15 Å². The van der Waals surface area contributed by atoms with Crippen LogP contribution in [0.1, 0.15) is 16.1 Å². The smallest absolute Gasteiger partial charge is 0.231 e. The van der Waals surface area contributed by atoms with Crippen LogP contribution in [0.25, 0.3) is 0 Å². The molecule has 1 heterocycles. The Bertz CT molecular complexity index is 563. The number of hydrogen-bond acceptors (Lipinski definition) is 3. The monoisotopic (exact) mass is 314 g/mol. The van der Waals surface area contributed by atoms with Crippen LogP contribution in [-0.4, -0.2) is 12.9 Å². The predicted octanol–water partition coefficient (Wildman–Crippen LogP) is 3.94. The number of hydrogen-bond donors (Lipinski definition) is 0. The summed E-state index contributed by atoms with van der Waals surface area (Å²) in [6, 6.07) is 8.10. The fourth-order valence-electron chi connectivity index (χ4n) is 1.42. The summed E-state index contributed by atoms with van der Waals surface area (Å²) in [5, 5.41) is 0.513. The Morgan fingerprint density at radius 1 is 1.35 bits per heavy atom. The Hall–Kier alpha value is -1.26. The number of ether oxygens (including phenoxy) is 1. The molecular weight excluding hydrogens is 307 g/mol. The number of rotatable bonds is 3. The lowest BCUT2D eigenvalue weighted by Crippen LogP contribution is -2.02. The number of carbonyl (C=O) groups is 1. The number of carbonyl (C=O) groups excluding carboxylic acids is 1. The van der Waals surface area contributed by atoms with E-state index in [1.165, 1.54) is 7.11 Å². The molecule has 0 radical (unpaired) electrons. The third-order valence-electron chi connectivity index (χ3n) is 2.21. The van der Waals surface area contributed by atoms with Crippen LogP contribution in [0.5, 0.6) is 5.75 Å². The first-order valence-electron chi connectivity index (χ1n) is 4.75. The average Bonchev–Trinajstić information content (AvgIpc) is 2.75. The number of ketones is 1. The second-order valence-electron chi connectivity index (χ2n) is 3.28. The normalized spacial score (nSPS) is 10.3. The van der Waals surface area contributed by atoms with Gasteiger partial charge in [-0.15, -0.1) is 0 Å². The fourth-order valence-corrected chi connectivity index (χ4v) is 1.89. The van der Waals surface area contributed by atoms with Gasteiger partial charge in [0.25, 0.3) is 0 Å². The molecule has 0 unspecified atom stereocenters. The van der Waals surface area contributed by atoms with Crippen molar-refractivity contribution in [2.75, 3.05) is 7.11 Å². The van der Waals surface area contributed by atoms with E-state index >= 15 is 0 Å². The summed E-state index contributed by atoms with van der Waals surface area (Å²) in [4.78, 5) is 12.1. The van der Waals surface area contributed by atoms with Gasteiger partial charge in [-0.2, -0.15) is 0 Å². The van der Waals surface area contributed by atoms with Gasteiger partial charge in [0.15, 0.2) is 10.4 Å². The standard InChI is InChI=1S/C12H8BrClO3/c1-16-10-6-7(14)2-3-8(10)12(15)9-4-5-11(13)17-9/h2-6H,1H3. The van der Waals surface area contributed by atoms with Crippen molar-refractivity contribution in [3.05, 3.63) is 51.3 Å². The molecule has 5 heteroatoms. The van der Waals surface area contributed by atoms with Crippen LogP contribution in [0.4, 0.5) is 0 Å². The van der Waals surface area contributed by atoms with Crippen LogP contribution in [0.15, 0.2) is 39.4 Å². The van der Waals surface area contributed by atoms with E-state index in [1.54, 1.807) is 30.3 Å². The molecular formula is C12H8BrClO3. The van der Waals surface area contributed by atoms with E-state index in [1.807, 2.05) is 0 Å². The molecule has 88 valence electrons. The van der Waals surface area contributed by atoms with Gasteiger partial charge in [0.05, 0.1) is 12.7 Å². The summed E-state index contributed by atoms with van der Waals surface area (Å²) < 4.78 is 10.8. The van der Waals surface area contributed by atoms with Gasteiger partial charge in [-0.25, -0.2) is 0 Å². The average molecular weight is 316 g/mol. The maximum absolute atomic E-state index is 12.1. The number of furan rings is 1. The van der Waals surface area contributed by atoms with Gasteiger partial charge in [0.2, 0.25) is 5.78 Å². The summed E-state index contributed by atoms with van der Waals surface area (Å²) in [7, 11) is 1.49. The first-order valence-corrected chi connectivity index (χ1v) is 5.92. The predicted molar refractivity (Wildman–Crippen MR) is 67.8 cm³/mol. The minimum atomic E-state index is -0.246. The zero-order chi connectivity index (χ0) is 12.4. The van der Waals surface area contributed by atoms with E-state index < -0.39 is 0 Å². The fraction of sp³-hybridized carbons (Fsp3) is 0.0833. The number of benzene rings is 1. The van der Waals surface area contributed by atoms with Gasteiger partial charge in [-0.1, -0.05) is 11.6 Å². The maximum Gasteiger partial charge on any atom is 0.231 e. The van der Waals surface area contributed by atoms with Gasteiger partial charge >= 0.3 is 0 Å². The summed E-state index contributed by atoms with van der Waals surface area (Å²) in [5.74, 6) is 0.428. The maximum atomic E-state index is 12.1. The highest BCUT2D eigenvalue weighted by Crippen LogP contribution is 2.26. The third kappa shape index (κ3) is 2.53.